The van der Waals surface area contributed by atoms with Crippen molar-refractivity contribution in [3.8, 4) is 6.07 Å². The average Bonchev–Trinajstić information content (AvgIpc) is 2.97. The number of nitrogens with zero attached hydrogens (tertiary/aromatic N) is 2. The number of rotatable bonds is 2. The van der Waals surface area contributed by atoms with Crippen LogP contribution in [-0.4, -0.2) is 15.9 Å². The van der Waals surface area contributed by atoms with Crippen molar-refractivity contribution in [1.29, 1.82) is 5.26 Å². The van der Waals surface area contributed by atoms with E-state index >= 15 is 0 Å². The number of anilines is 1. The average molecular weight is 366 g/mol. The number of aromatic nitrogens is 2. The van der Waals surface area contributed by atoms with Crippen LogP contribution >= 0.6 is 11.3 Å². The summed E-state index contributed by atoms with van der Waals surface area (Å²) in [5, 5.41) is 12.6. The molecular weight excluding hydrogens is 348 g/mol. The van der Waals surface area contributed by atoms with E-state index in [1.807, 2.05) is 6.07 Å². The minimum absolute atomic E-state index is 0.106. The van der Waals surface area contributed by atoms with E-state index in [2.05, 4.69) is 42.1 Å². The second kappa shape index (κ2) is 6.39. The molecule has 0 atom stereocenters. The van der Waals surface area contributed by atoms with Crippen LogP contribution in [0, 0.1) is 18.3 Å². The standard InChI is InChI=1S/C19H18N4O2S/c1-10-21-13-7-11(5-6-12(13)18(25)22-10)17(24)23-14-8-16(19(2,3)4)26-15(14)9-20/h5-8H,1-4H3,(H,23,24)(H,21,22,25). The van der Waals surface area contributed by atoms with Gasteiger partial charge in [0.05, 0.1) is 16.6 Å². The Labute approximate surface area is 154 Å². The molecular formula is C19H18N4O2S. The number of nitrogens with one attached hydrogen (secondary N) is 2. The highest BCUT2D eigenvalue weighted by molar-refractivity contribution is 7.13. The van der Waals surface area contributed by atoms with E-state index < -0.39 is 0 Å². The third-order valence-electron chi connectivity index (χ3n) is 3.91. The van der Waals surface area contributed by atoms with Gasteiger partial charge in [-0.05, 0) is 36.6 Å². The molecule has 1 amide bonds. The molecule has 0 saturated carbocycles. The van der Waals surface area contributed by atoms with Crippen LogP contribution in [0.15, 0.2) is 29.1 Å². The summed E-state index contributed by atoms with van der Waals surface area (Å²) in [6.07, 6.45) is 0. The molecule has 2 heterocycles. The van der Waals surface area contributed by atoms with Crippen LogP contribution in [0.25, 0.3) is 10.9 Å². The highest BCUT2D eigenvalue weighted by atomic mass is 32.1. The number of H-pyrrole nitrogens is 1. The van der Waals surface area contributed by atoms with Crippen LogP contribution in [0.1, 0.15) is 46.7 Å². The molecule has 0 unspecified atom stereocenters. The lowest BCUT2D eigenvalue weighted by Crippen LogP contribution is -2.14. The number of aromatic amines is 1. The fraction of sp³-hybridized carbons (Fsp3) is 0.263. The van der Waals surface area contributed by atoms with Crippen LogP contribution in [0.2, 0.25) is 0 Å². The number of hydrogen-bond acceptors (Lipinski definition) is 5. The van der Waals surface area contributed by atoms with Gasteiger partial charge in [0.1, 0.15) is 16.8 Å². The van der Waals surface area contributed by atoms with E-state index in [0.717, 1.165) is 4.88 Å². The van der Waals surface area contributed by atoms with Gasteiger partial charge in [0, 0.05) is 10.4 Å². The molecule has 0 spiro atoms. The molecule has 6 nitrogen and oxygen atoms in total. The lowest BCUT2D eigenvalue weighted by atomic mass is 9.94. The van der Waals surface area contributed by atoms with E-state index in [4.69, 9.17) is 0 Å². The van der Waals surface area contributed by atoms with Gasteiger partial charge < -0.3 is 10.3 Å². The van der Waals surface area contributed by atoms with Gasteiger partial charge >= 0.3 is 0 Å². The van der Waals surface area contributed by atoms with Crippen LogP contribution in [0.5, 0.6) is 0 Å². The number of hydrogen-bond donors (Lipinski definition) is 2. The van der Waals surface area contributed by atoms with Crippen molar-refractivity contribution < 1.29 is 4.79 Å². The minimum atomic E-state index is -0.346. The molecule has 26 heavy (non-hydrogen) atoms. The fourth-order valence-electron chi connectivity index (χ4n) is 2.53. The van der Waals surface area contributed by atoms with Crippen molar-refractivity contribution in [3.63, 3.8) is 0 Å². The summed E-state index contributed by atoms with van der Waals surface area (Å²) >= 11 is 1.38. The summed E-state index contributed by atoms with van der Waals surface area (Å²) in [4.78, 5) is 32.9. The van der Waals surface area contributed by atoms with Gasteiger partial charge in [0.25, 0.3) is 11.5 Å². The molecule has 0 aliphatic carbocycles. The summed E-state index contributed by atoms with van der Waals surface area (Å²) in [5.74, 6) is 0.140. The second-order valence-electron chi connectivity index (χ2n) is 7.05. The molecule has 1 aromatic carbocycles. The number of benzene rings is 1. The first-order chi connectivity index (χ1) is 12.2. The molecule has 0 fully saturated rings. The molecule has 0 aliphatic rings. The van der Waals surface area contributed by atoms with E-state index in [0.29, 0.717) is 32.9 Å². The monoisotopic (exact) mass is 366 g/mol. The molecule has 132 valence electrons. The van der Waals surface area contributed by atoms with Crippen molar-refractivity contribution in [3.05, 3.63) is 55.8 Å². The molecule has 0 bridgehead atoms. The predicted octanol–water partition coefficient (Wildman–Crippen LogP) is 3.71. The second-order valence-corrected chi connectivity index (χ2v) is 8.10. The Hall–Kier alpha value is -2.98. The lowest BCUT2D eigenvalue weighted by Gasteiger charge is -2.15. The van der Waals surface area contributed by atoms with E-state index in [1.165, 1.54) is 11.3 Å². The van der Waals surface area contributed by atoms with Crippen LogP contribution < -0.4 is 10.9 Å². The van der Waals surface area contributed by atoms with Gasteiger partial charge in [-0.1, -0.05) is 20.8 Å². The number of carbonyl (C=O) groups is 1. The van der Waals surface area contributed by atoms with Gasteiger partial charge in [-0.2, -0.15) is 5.26 Å². The van der Waals surface area contributed by atoms with Crippen molar-refractivity contribution in [1.82, 2.24) is 9.97 Å². The Morgan fingerprint density at radius 3 is 2.69 bits per heavy atom. The molecule has 2 aromatic heterocycles. The summed E-state index contributed by atoms with van der Waals surface area (Å²) < 4.78 is 0. The Balaban J connectivity index is 1.96. The van der Waals surface area contributed by atoms with Gasteiger partial charge in [0.15, 0.2) is 0 Å². The Morgan fingerprint density at radius 2 is 2.04 bits per heavy atom. The summed E-state index contributed by atoms with van der Waals surface area (Å²) in [7, 11) is 0. The van der Waals surface area contributed by atoms with Gasteiger partial charge in [-0.25, -0.2) is 4.98 Å². The van der Waals surface area contributed by atoms with Crippen molar-refractivity contribution in [2.24, 2.45) is 0 Å². The normalized spacial score (nSPS) is 11.3. The first kappa shape index (κ1) is 17.8. The zero-order valence-electron chi connectivity index (χ0n) is 14.9. The molecule has 0 aliphatic heterocycles. The Kier molecular flexibility index (Phi) is 4.38. The van der Waals surface area contributed by atoms with Crippen LogP contribution in [0.3, 0.4) is 0 Å². The maximum atomic E-state index is 12.6. The number of nitriles is 1. The first-order valence-electron chi connectivity index (χ1n) is 8.05. The summed E-state index contributed by atoms with van der Waals surface area (Å²) in [6, 6.07) is 8.71. The molecule has 7 heteroatoms. The third kappa shape index (κ3) is 3.37. The molecule has 2 N–H and O–H groups in total. The van der Waals surface area contributed by atoms with E-state index in [-0.39, 0.29) is 16.9 Å². The number of carbonyl (C=O) groups excluding carboxylic acids is 1. The molecule has 3 rings (SSSR count). The van der Waals surface area contributed by atoms with E-state index in [9.17, 15) is 14.9 Å². The van der Waals surface area contributed by atoms with Crippen molar-refractivity contribution in [2.45, 2.75) is 33.1 Å². The summed E-state index contributed by atoms with van der Waals surface area (Å²) in [6.45, 7) is 7.85. The Morgan fingerprint density at radius 1 is 1.31 bits per heavy atom. The molecule has 3 aromatic rings. The quantitative estimate of drug-likeness (QED) is 0.722. The summed E-state index contributed by atoms with van der Waals surface area (Å²) in [5.41, 5.74) is 0.994. The Bertz CT molecular complexity index is 1110. The van der Waals surface area contributed by atoms with Crippen LogP contribution in [-0.2, 0) is 5.41 Å². The first-order valence-corrected chi connectivity index (χ1v) is 8.87. The van der Waals surface area contributed by atoms with Crippen molar-refractivity contribution >= 4 is 33.8 Å². The number of amides is 1. The largest absolute Gasteiger partial charge is 0.320 e. The third-order valence-corrected chi connectivity index (χ3v) is 5.37. The van der Waals surface area contributed by atoms with Crippen molar-refractivity contribution in [2.75, 3.05) is 5.32 Å². The smallest absolute Gasteiger partial charge is 0.258 e. The fourth-order valence-corrected chi connectivity index (χ4v) is 3.50. The zero-order valence-corrected chi connectivity index (χ0v) is 15.7. The molecule has 0 saturated heterocycles. The van der Waals surface area contributed by atoms with Gasteiger partial charge in [0.2, 0.25) is 0 Å². The number of thiophene rings is 1. The highest BCUT2D eigenvalue weighted by Crippen LogP contribution is 2.35. The van der Waals surface area contributed by atoms with Crippen LogP contribution in [0.4, 0.5) is 5.69 Å². The highest BCUT2D eigenvalue weighted by Gasteiger charge is 2.21. The van der Waals surface area contributed by atoms with E-state index in [1.54, 1.807) is 25.1 Å². The maximum Gasteiger partial charge on any atom is 0.258 e. The predicted molar refractivity (Wildman–Crippen MR) is 103 cm³/mol. The SMILES string of the molecule is Cc1nc2cc(C(=O)Nc3cc(C(C)(C)C)sc3C#N)ccc2c(=O)[nH]1. The lowest BCUT2D eigenvalue weighted by molar-refractivity contribution is 0.102. The topological polar surface area (TPSA) is 98.6 Å². The number of fused-ring (bicyclic) bond motifs is 1. The molecule has 0 radical (unpaired) electrons. The number of aryl methyl sites for hydroxylation is 1. The minimum Gasteiger partial charge on any atom is -0.320 e. The van der Waals surface area contributed by atoms with Gasteiger partial charge in [-0.3, -0.25) is 9.59 Å². The van der Waals surface area contributed by atoms with Gasteiger partial charge in [-0.15, -0.1) is 11.3 Å². The maximum absolute atomic E-state index is 12.6. The zero-order chi connectivity index (χ0) is 19.1.